The molecule has 6 heteroatoms. The second-order valence-corrected chi connectivity index (χ2v) is 17.0. The van der Waals surface area contributed by atoms with Crippen molar-refractivity contribution in [2.75, 3.05) is 27.2 Å². The molecule has 1 amide bonds. The first-order valence-corrected chi connectivity index (χ1v) is 17.7. The first-order valence-electron chi connectivity index (χ1n) is 17.7. The summed E-state index contributed by atoms with van der Waals surface area (Å²) in [5.74, 6) is 3.06. The summed E-state index contributed by atoms with van der Waals surface area (Å²) in [6.07, 6.45) is 14.3. The number of carbonyl (C=O) groups excluding carboxylic acids is 1. The lowest BCUT2D eigenvalue weighted by molar-refractivity contribution is -0.195. The van der Waals surface area contributed by atoms with Crippen molar-refractivity contribution in [2.45, 2.75) is 116 Å². The zero-order valence-corrected chi connectivity index (χ0v) is 28.3. The maximum absolute atomic E-state index is 13.0. The van der Waals surface area contributed by atoms with Crippen LogP contribution in [0, 0.1) is 45.8 Å². The van der Waals surface area contributed by atoms with E-state index in [-0.39, 0.29) is 17.0 Å². The van der Waals surface area contributed by atoms with Crippen LogP contribution in [-0.2, 0) is 4.74 Å². The van der Waals surface area contributed by atoms with E-state index in [0.717, 1.165) is 37.6 Å². The number of aromatic carboxylic acids is 1. The molecule has 0 bridgehead atoms. The number of carboxylic acids is 1. The zero-order valence-electron chi connectivity index (χ0n) is 28.3. The minimum absolute atomic E-state index is 0.0691. The smallest absolute Gasteiger partial charge is 0.407 e. The molecule has 5 saturated carbocycles. The van der Waals surface area contributed by atoms with E-state index in [1.807, 2.05) is 0 Å². The van der Waals surface area contributed by atoms with Crippen LogP contribution in [0.25, 0.3) is 0 Å². The van der Waals surface area contributed by atoms with E-state index >= 15 is 0 Å². The molecule has 6 rings (SSSR count). The van der Waals surface area contributed by atoms with E-state index in [1.54, 1.807) is 12.1 Å². The SMILES string of the molecule is CN(C)CCCOC(=O)N[C@]12CCC[C@@H]1[C@H]1CCC3[C@@](C)(CCC4C(C)(C)[C@H](c5ccc(C(=O)O)cc5)CC[C@@]43C)C1CC2. The van der Waals surface area contributed by atoms with Gasteiger partial charge in [-0.3, -0.25) is 0 Å². The number of rotatable bonds is 7. The molecule has 5 aliphatic carbocycles. The van der Waals surface area contributed by atoms with E-state index in [4.69, 9.17) is 4.74 Å². The summed E-state index contributed by atoms with van der Waals surface area (Å²) in [5.41, 5.74) is 2.48. The van der Waals surface area contributed by atoms with Crippen molar-refractivity contribution in [3.63, 3.8) is 0 Å². The molecule has 0 heterocycles. The van der Waals surface area contributed by atoms with Crippen LogP contribution in [0.5, 0.6) is 0 Å². The van der Waals surface area contributed by atoms with Crippen LogP contribution in [0.1, 0.15) is 127 Å². The van der Waals surface area contributed by atoms with Crippen LogP contribution in [0.3, 0.4) is 0 Å². The number of carboxylic acid groups (broad SMARTS) is 1. The Balaban J connectivity index is 1.17. The number of benzene rings is 1. The fraction of sp³-hybridized carbons (Fsp3) is 0.789. The number of nitrogens with one attached hydrogen (secondary N) is 1. The summed E-state index contributed by atoms with van der Waals surface area (Å²) in [4.78, 5) is 26.6. The molecule has 44 heavy (non-hydrogen) atoms. The molecule has 0 spiro atoms. The third kappa shape index (κ3) is 5.19. The Kier molecular flexibility index (Phi) is 8.42. The number of amides is 1. The molecule has 0 saturated heterocycles. The molecule has 0 aliphatic heterocycles. The van der Waals surface area contributed by atoms with Gasteiger partial charge in [0.1, 0.15) is 0 Å². The number of fused-ring (bicyclic) bond motifs is 7. The van der Waals surface area contributed by atoms with Gasteiger partial charge in [-0.2, -0.15) is 0 Å². The quantitative estimate of drug-likeness (QED) is 0.305. The maximum Gasteiger partial charge on any atom is 0.407 e. The monoisotopic (exact) mass is 606 g/mol. The highest BCUT2D eigenvalue weighted by molar-refractivity contribution is 5.87. The Morgan fingerprint density at radius 1 is 0.864 bits per heavy atom. The van der Waals surface area contributed by atoms with Crippen molar-refractivity contribution in [1.29, 1.82) is 0 Å². The summed E-state index contributed by atoms with van der Waals surface area (Å²) in [6.45, 7) is 11.8. The lowest BCUT2D eigenvalue weighted by Crippen LogP contribution is -2.64. The molecule has 3 unspecified atom stereocenters. The van der Waals surface area contributed by atoms with Crippen LogP contribution < -0.4 is 5.32 Å². The molecule has 244 valence electrons. The van der Waals surface area contributed by atoms with Crippen LogP contribution in [-0.4, -0.2) is 54.9 Å². The highest BCUT2D eigenvalue weighted by Gasteiger charge is 2.66. The van der Waals surface area contributed by atoms with E-state index < -0.39 is 5.97 Å². The molecular formula is C38H58N2O4. The summed E-state index contributed by atoms with van der Waals surface area (Å²) >= 11 is 0. The van der Waals surface area contributed by atoms with Crippen molar-refractivity contribution >= 4 is 12.1 Å². The van der Waals surface area contributed by atoms with Gasteiger partial charge >= 0.3 is 12.1 Å². The standard InChI is InChI=1S/C38H58N2O4/c1-35(2)28(25-10-12-26(13-11-25)33(41)42)16-20-37(4)31(35)18-21-36(3)29-17-22-38(39-34(43)44-24-8-23-40(5)6)19-7-9-30(38)27(29)14-15-32(36)37/h10-13,27-32H,7-9,14-24H2,1-6H3,(H,39,43)(H,41,42)/t27-,28-,29?,30+,31?,32?,36-,37-,38-/m0/s1. The van der Waals surface area contributed by atoms with Gasteiger partial charge in [0.05, 0.1) is 12.2 Å². The predicted octanol–water partition coefficient (Wildman–Crippen LogP) is 8.36. The van der Waals surface area contributed by atoms with Gasteiger partial charge in [-0.1, -0.05) is 46.2 Å². The van der Waals surface area contributed by atoms with E-state index in [9.17, 15) is 14.7 Å². The second kappa shape index (κ2) is 11.6. The Labute approximate surface area is 266 Å². The predicted molar refractivity (Wildman–Crippen MR) is 175 cm³/mol. The van der Waals surface area contributed by atoms with Gasteiger partial charge in [-0.05, 0) is 154 Å². The Morgan fingerprint density at radius 3 is 2.30 bits per heavy atom. The Morgan fingerprint density at radius 2 is 1.59 bits per heavy atom. The topological polar surface area (TPSA) is 78.9 Å². The number of hydrogen-bond acceptors (Lipinski definition) is 4. The lowest BCUT2D eigenvalue weighted by Gasteiger charge is -2.69. The molecule has 1 aromatic rings. The minimum Gasteiger partial charge on any atom is -0.478 e. The number of alkyl carbamates (subject to hydrolysis) is 1. The van der Waals surface area contributed by atoms with Gasteiger partial charge in [0.2, 0.25) is 0 Å². The van der Waals surface area contributed by atoms with Crippen LogP contribution in [0.4, 0.5) is 4.79 Å². The summed E-state index contributed by atoms with van der Waals surface area (Å²) < 4.78 is 5.69. The molecule has 1 aromatic carbocycles. The van der Waals surface area contributed by atoms with Crippen LogP contribution in [0.2, 0.25) is 0 Å². The zero-order chi connectivity index (χ0) is 31.5. The first-order chi connectivity index (χ1) is 20.8. The number of ether oxygens (including phenoxy) is 1. The van der Waals surface area contributed by atoms with Crippen molar-refractivity contribution in [1.82, 2.24) is 10.2 Å². The molecule has 5 aliphatic rings. The fourth-order valence-corrected chi connectivity index (χ4v) is 12.7. The first kappa shape index (κ1) is 31.9. The normalized spacial score (nSPS) is 40.7. The van der Waals surface area contributed by atoms with Gasteiger partial charge in [-0.25, -0.2) is 9.59 Å². The van der Waals surface area contributed by atoms with Gasteiger partial charge in [0, 0.05) is 12.1 Å². The number of nitrogens with zero attached hydrogens (tertiary/aromatic N) is 1. The number of hydrogen-bond donors (Lipinski definition) is 2. The highest BCUT2D eigenvalue weighted by Crippen LogP contribution is 2.73. The van der Waals surface area contributed by atoms with Gasteiger partial charge in [0.15, 0.2) is 0 Å². The third-order valence-electron chi connectivity index (χ3n) is 14.4. The molecule has 0 aromatic heterocycles. The highest BCUT2D eigenvalue weighted by atomic mass is 16.5. The van der Waals surface area contributed by atoms with E-state index in [0.29, 0.717) is 46.7 Å². The Hall–Kier alpha value is -2.08. The van der Waals surface area contributed by atoms with Crippen LogP contribution >= 0.6 is 0 Å². The van der Waals surface area contributed by atoms with Crippen molar-refractivity contribution in [2.24, 2.45) is 45.8 Å². The van der Waals surface area contributed by atoms with Crippen molar-refractivity contribution in [3.8, 4) is 0 Å². The molecule has 5 fully saturated rings. The van der Waals surface area contributed by atoms with Gasteiger partial charge in [-0.15, -0.1) is 0 Å². The molecular weight excluding hydrogens is 548 g/mol. The van der Waals surface area contributed by atoms with Crippen LogP contribution in [0.15, 0.2) is 24.3 Å². The minimum atomic E-state index is -0.849. The summed E-state index contributed by atoms with van der Waals surface area (Å²) in [5, 5.41) is 12.9. The van der Waals surface area contributed by atoms with Gasteiger partial charge in [0.25, 0.3) is 0 Å². The average Bonchev–Trinajstić information content (AvgIpc) is 3.39. The number of carbonyl (C=O) groups is 2. The fourth-order valence-electron chi connectivity index (χ4n) is 12.7. The molecule has 2 N–H and O–H groups in total. The summed E-state index contributed by atoms with van der Waals surface area (Å²) in [6, 6.07) is 7.76. The largest absolute Gasteiger partial charge is 0.478 e. The van der Waals surface area contributed by atoms with E-state index in [2.05, 4.69) is 64.1 Å². The molecule has 6 nitrogen and oxygen atoms in total. The Bertz CT molecular complexity index is 1230. The van der Waals surface area contributed by atoms with E-state index in [1.165, 1.54) is 63.4 Å². The van der Waals surface area contributed by atoms with Crippen molar-refractivity contribution < 1.29 is 19.4 Å². The third-order valence-corrected chi connectivity index (χ3v) is 14.4. The van der Waals surface area contributed by atoms with Gasteiger partial charge < -0.3 is 20.1 Å². The molecule has 0 radical (unpaired) electrons. The maximum atomic E-state index is 13.0. The average molecular weight is 607 g/mol. The summed E-state index contributed by atoms with van der Waals surface area (Å²) in [7, 11) is 4.11. The second-order valence-electron chi connectivity index (χ2n) is 17.0. The van der Waals surface area contributed by atoms with Crippen molar-refractivity contribution in [3.05, 3.63) is 35.4 Å². The molecule has 9 atom stereocenters. The lowest BCUT2D eigenvalue weighted by atomic mass is 9.35.